The molecule has 0 aromatic carbocycles. The van der Waals surface area contributed by atoms with Crippen molar-refractivity contribution in [3.8, 4) is 0 Å². The van der Waals surface area contributed by atoms with Crippen LogP contribution in [0.1, 0.15) is 110 Å². The molecular weight excluding hydrogens is 346 g/mol. The summed E-state index contributed by atoms with van der Waals surface area (Å²) in [6, 6.07) is 0. The van der Waals surface area contributed by atoms with Crippen LogP contribution in [0.4, 0.5) is 0 Å². The van der Waals surface area contributed by atoms with Gasteiger partial charge in [0, 0.05) is 13.0 Å². The zero-order valence-electron chi connectivity index (χ0n) is 19.0. The molecule has 0 bridgehead atoms. The van der Waals surface area contributed by atoms with Crippen molar-refractivity contribution in [2.24, 2.45) is 5.73 Å². The summed E-state index contributed by atoms with van der Waals surface area (Å²) in [5, 5.41) is 9.27. The molecular formula is C24H50N3O+. The van der Waals surface area contributed by atoms with E-state index in [9.17, 15) is 5.11 Å². The third-order valence-corrected chi connectivity index (χ3v) is 6.14. The number of unbranched alkanes of at least 4 members (excludes halogenated alkanes) is 14. The van der Waals surface area contributed by atoms with Crippen LogP contribution in [0.2, 0.25) is 0 Å². The first-order valence-electron chi connectivity index (χ1n) is 12.5. The highest BCUT2D eigenvalue weighted by molar-refractivity contribution is 5.78. The van der Waals surface area contributed by atoms with E-state index in [4.69, 9.17) is 5.73 Å². The second-order valence-electron chi connectivity index (χ2n) is 8.60. The SMILES string of the molecule is CCCCCCCCCCCCCCCCCC1=[N+](CCN)CCN1CCO. The van der Waals surface area contributed by atoms with Crippen molar-refractivity contribution in [2.75, 3.05) is 39.3 Å². The standard InChI is InChI=1S/C24H50N3O/c1-2-3-4-5-6-7-8-9-10-11-12-13-14-15-16-17-24-26(19-18-25)20-21-27(24)22-23-28/h28H,2-23,25H2,1H3/q+1. The Kier molecular flexibility index (Phi) is 16.7. The first-order valence-corrected chi connectivity index (χ1v) is 12.5. The van der Waals surface area contributed by atoms with E-state index < -0.39 is 0 Å². The molecule has 1 heterocycles. The molecule has 0 saturated carbocycles. The molecule has 0 spiro atoms. The van der Waals surface area contributed by atoms with Gasteiger partial charge in [-0.05, 0) is 6.42 Å². The maximum atomic E-state index is 9.27. The molecule has 0 fully saturated rings. The average molecular weight is 397 g/mol. The van der Waals surface area contributed by atoms with Gasteiger partial charge in [0.15, 0.2) is 0 Å². The van der Waals surface area contributed by atoms with E-state index in [1.165, 1.54) is 102 Å². The van der Waals surface area contributed by atoms with Gasteiger partial charge in [0.25, 0.3) is 0 Å². The second kappa shape index (κ2) is 18.4. The summed E-state index contributed by atoms with van der Waals surface area (Å²) in [5.74, 6) is 1.43. The van der Waals surface area contributed by atoms with Crippen LogP contribution in [0, 0.1) is 0 Å². The summed E-state index contributed by atoms with van der Waals surface area (Å²) in [6.45, 7) is 7.11. The van der Waals surface area contributed by atoms with E-state index in [0.29, 0.717) is 0 Å². The van der Waals surface area contributed by atoms with Crippen LogP contribution in [0.25, 0.3) is 0 Å². The average Bonchev–Trinajstić information content (AvgIpc) is 3.07. The van der Waals surface area contributed by atoms with Crippen LogP contribution in [0.5, 0.6) is 0 Å². The van der Waals surface area contributed by atoms with Gasteiger partial charge in [0.05, 0.1) is 13.2 Å². The minimum atomic E-state index is 0.249. The normalized spacial score (nSPS) is 14.5. The summed E-state index contributed by atoms with van der Waals surface area (Å²) in [4.78, 5) is 2.36. The Balaban J connectivity index is 1.93. The fourth-order valence-corrected chi connectivity index (χ4v) is 4.43. The van der Waals surface area contributed by atoms with E-state index in [1.54, 1.807) is 0 Å². The van der Waals surface area contributed by atoms with Gasteiger partial charge in [0.1, 0.15) is 19.6 Å². The van der Waals surface area contributed by atoms with Gasteiger partial charge in [-0.3, -0.25) is 9.48 Å². The molecule has 28 heavy (non-hydrogen) atoms. The van der Waals surface area contributed by atoms with Gasteiger partial charge in [-0.2, -0.15) is 0 Å². The smallest absolute Gasteiger partial charge is 0.247 e. The molecule has 0 radical (unpaired) electrons. The van der Waals surface area contributed by atoms with Gasteiger partial charge < -0.3 is 10.8 Å². The number of β-amino-alcohol motifs (C(OH)–C–C–N with tert-alkyl or cyclic N) is 1. The lowest BCUT2D eigenvalue weighted by Crippen LogP contribution is -2.33. The van der Waals surface area contributed by atoms with Crippen molar-refractivity contribution in [2.45, 2.75) is 110 Å². The Hall–Kier alpha value is -0.610. The molecule has 0 aliphatic carbocycles. The lowest BCUT2D eigenvalue weighted by Gasteiger charge is -2.12. The molecule has 4 heteroatoms. The number of aliphatic hydroxyl groups excluding tert-OH is 1. The van der Waals surface area contributed by atoms with Crippen molar-refractivity contribution < 1.29 is 9.68 Å². The quantitative estimate of drug-likeness (QED) is 0.227. The second-order valence-corrected chi connectivity index (χ2v) is 8.60. The van der Waals surface area contributed by atoms with E-state index >= 15 is 0 Å². The molecule has 0 atom stereocenters. The molecule has 0 saturated heterocycles. The third-order valence-electron chi connectivity index (χ3n) is 6.14. The highest BCUT2D eigenvalue weighted by Crippen LogP contribution is 2.15. The maximum absolute atomic E-state index is 9.27. The molecule has 3 N–H and O–H groups in total. The summed E-state index contributed by atoms with van der Waals surface area (Å²) in [6.07, 6.45) is 22.3. The molecule has 0 aromatic rings. The summed E-state index contributed by atoms with van der Waals surface area (Å²) >= 11 is 0. The highest BCUT2D eigenvalue weighted by atomic mass is 16.3. The Labute approximate surface area is 175 Å². The Bertz CT molecular complexity index is 384. The van der Waals surface area contributed by atoms with E-state index in [-0.39, 0.29) is 6.61 Å². The number of amidine groups is 1. The molecule has 166 valence electrons. The van der Waals surface area contributed by atoms with Gasteiger partial charge in [-0.25, -0.2) is 0 Å². The molecule has 0 amide bonds. The highest BCUT2D eigenvalue weighted by Gasteiger charge is 2.28. The van der Waals surface area contributed by atoms with E-state index in [1.807, 2.05) is 0 Å². The van der Waals surface area contributed by atoms with Crippen molar-refractivity contribution >= 4 is 5.84 Å². The third kappa shape index (κ3) is 12.1. The molecule has 4 nitrogen and oxygen atoms in total. The monoisotopic (exact) mass is 396 g/mol. The van der Waals surface area contributed by atoms with E-state index in [2.05, 4.69) is 16.4 Å². The largest absolute Gasteiger partial charge is 0.392 e. The zero-order chi connectivity index (χ0) is 20.3. The number of nitrogens with two attached hydrogens (primary N) is 1. The van der Waals surface area contributed by atoms with Crippen LogP contribution in [0.3, 0.4) is 0 Å². The maximum Gasteiger partial charge on any atom is 0.247 e. The van der Waals surface area contributed by atoms with E-state index in [0.717, 1.165) is 39.1 Å². The van der Waals surface area contributed by atoms with Crippen LogP contribution in [0.15, 0.2) is 0 Å². The van der Waals surface area contributed by atoms with Crippen LogP contribution < -0.4 is 5.73 Å². The lowest BCUT2D eigenvalue weighted by molar-refractivity contribution is -0.516. The number of aliphatic hydroxyl groups is 1. The Morgan fingerprint density at radius 2 is 1.32 bits per heavy atom. The molecule has 0 aromatic heterocycles. The first-order chi connectivity index (χ1) is 13.8. The summed E-state index contributed by atoms with van der Waals surface area (Å²) in [5.41, 5.74) is 5.75. The number of rotatable bonds is 20. The Morgan fingerprint density at radius 3 is 1.79 bits per heavy atom. The Morgan fingerprint density at radius 1 is 0.821 bits per heavy atom. The summed E-state index contributed by atoms with van der Waals surface area (Å²) in [7, 11) is 0. The van der Waals surface area contributed by atoms with Gasteiger partial charge >= 0.3 is 0 Å². The zero-order valence-corrected chi connectivity index (χ0v) is 19.0. The van der Waals surface area contributed by atoms with Crippen LogP contribution in [-0.2, 0) is 0 Å². The lowest BCUT2D eigenvalue weighted by atomic mass is 10.0. The van der Waals surface area contributed by atoms with Crippen LogP contribution >= 0.6 is 0 Å². The molecule has 1 aliphatic rings. The van der Waals surface area contributed by atoms with Crippen LogP contribution in [-0.4, -0.2) is 59.7 Å². The fourth-order valence-electron chi connectivity index (χ4n) is 4.43. The van der Waals surface area contributed by atoms with Gasteiger partial charge in [-0.15, -0.1) is 0 Å². The number of nitrogens with zero attached hydrogens (tertiary/aromatic N) is 2. The first kappa shape index (κ1) is 25.4. The fraction of sp³-hybridized carbons (Fsp3) is 0.958. The predicted molar refractivity (Wildman–Crippen MR) is 122 cm³/mol. The number of hydrogen-bond donors (Lipinski definition) is 2. The van der Waals surface area contributed by atoms with Crippen molar-refractivity contribution in [3.05, 3.63) is 0 Å². The van der Waals surface area contributed by atoms with Crippen molar-refractivity contribution in [1.82, 2.24) is 4.90 Å². The number of hydrogen-bond acceptors (Lipinski definition) is 3. The molecule has 1 aliphatic heterocycles. The van der Waals surface area contributed by atoms with Crippen molar-refractivity contribution in [3.63, 3.8) is 0 Å². The molecule has 0 unspecified atom stereocenters. The topological polar surface area (TPSA) is 52.5 Å². The summed E-state index contributed by atoms with van der Waals surface area (Å²) < 4.78 is 2.43. The predicted octanol–water partition coefficient (Wildman–Crippen LogP) is 4.93. The van der Waals surface area contributed by atoms with Crippen molar-refractivity contribution in [1.29, 1.82) is 0 Å². The minimum absolute atomic E-state index is 0.249. The van der Waals surface area contributed by atoms with Gasteiger partial charge in [0.2, 0.25) is 5.84 Å². The van der Waals surface area contributed by atoms with Gasteiger partial charge in [-0.1, -0.05) is 96.8 Å². The minimum Gasteiger partial charge on any atom is -0.392 e. The molecule has 1 rings (SSSR count).